The molecule has 1 aromatic rings. The highest BCUT2D eigenvalue weighted by molar-refractivity contribution is 5.14. The lowest BCUT2D eigenvalue weighted by Gasteiger charge is -2.26. The maximum absolute atomic E-state index is 4.05. The van der Waals surface area contributed by atoms with Gasteiger partial charge >= 0.3 is 0 Å². The Labute approximate surface area is 92.1 Å². The van der Waals surface area contributed by atoms with Crippen LogP contribution >= 0.6 is 0 Å². The molecule has 0 amide bonds. The minimum Gasteiger partial charge on any atom is -0.307 e. The average molecular weight is 204 g/mol. The van der Waals surface area contributed by atoms with E-state index in [1.165, 1.54) is 37.7 Å². The lowest BCUT2D eigenvalue weighted by molar-refractivity contribution is 0.347. The van der Waals surface area contributed by atoms with Crippen LogP contribution in [-0.4, -0.2) is 11.0 Å². The van der Waals surface area contributed by atoms with E-state index in [9.17, 15) is 0 Å². The van der Waals surface area contributed by atoms with Gasteiger partial charge in [-0.3, -0.25) is 4.98 Å². The summed E-state index contributed by atoms with van der Waals surface area (Å²) < 4.78 is 0. The molecule has 0 saturated heterocycles. The van der Waals surface area contributed by atoms with Gasteiger partial charge in [-0.05, 0) is 37.5 Å². The van der Waals surface area contributed by atoms with Gasteiger partial charge in [-0.1, -0.05) is 19.3 Å². The Hall–Kier alpha value is -0.890. The molecule has 2 heteroatoms. The molecule has 1 fully saturated rings. The summed E-state index contributed by atoms with van der Waals surface area (Å²) in [6.45, 7) is 2.24. The Morgan fingerprint density at radius 2 is 1.87 bits per heavy atom. The first-order chi connectivity index (χ1) is 7.36. The van der Waals surface area contributed by atoms with Gasteiger partial charge in [-0.15, -0.1) is 0 Å². The van der Waals surface area contributed by atoms with E-state index in [0.29, 0.717) is 6.04 Å². The lowest BCUT2D eigenvalue weighted by atomic mass is 9.94. The fourth-order valence-electron chi connectivity index (χ4n) is 2.37. The predicted molar refractivity (Wildman–Crippen MR) is 62.7 cm³/mol. The van der Waals surface area contributed by atoms with Crippen molar-refractivity contribution in [3.05, 3.63) is 30.1 Å². The van der Waals surface area contributed by atoms with Gasteiger partial charge in [0.15, 0.2) is 0 Å². The summed E-state index contributed by atoms with van der Waals surface area (Å²) in [5, 5.41) is 3.71. The zero-order chi connectivity index (χ0) is 10.5. The van der Waals surface area contributed by atoms with Crippen LogP contribution in [0, 0.1) is 0 Å². The quantitative estimate of drug-likeness (QED) is 0.818. The van der Waals surface area contributed by atoms with E-state index in [2.05, 4.69) is 29.4 Å². The first kappa shape index (κ1) is 10.6. The number of rotatable bonds is 3. The average Bonchev–Trinajstić information content (AvgIpc) is 2.31. The molecule has 1 saturated carbocycles. The molecule has 1 aliphatic rings. The summed E-state index contributed by atoms with van der Waals surface area (Å²) in [5.41, 5.74) is 1.34. The normalized spacial score (nSPS) is 20.1. The first-order valence-corrected chi connectivity index (χ1v) is 6.02. The minimum atomic E-state index is 0.455. The summed E-state index contributed by atoms with van der Waals surface area (Å²) in [7, 11) is 0. The molecule has 1 unspecified atom stereocenters. The van der Waals surface area contributed by atoms with Crippen molar-refractivity contribution in [3.63, 3.8) is 0 Å². The Kier molecular flexibility index (Phi) is 3.73. The summed E-state index contributed by atoms with van der Waals surface area (Å²) >= 11 is 0. The van der Waals surface area contributed by atoms with Crippen LogP contribution in [0.1, 0.15) is 50.6 Å². The van der Waals surface area contributed by atoms with Crippen molar-refractivity contribution < 1.29 is 0 Å². The molecule has 1 heterocycles. The summed E-state index contributed by atoms with van der Waals surface area (Å²) in [6, 6.07) is 5.37. The molecule has 15 heavy (non-hydrogen) atoms. The van der Waals surface area contributed by atoms with Gasteiger partial charge in [0.05, 0.1) is 0 Å². The van der Waals surface area contributed by atoms with E-state index in [4.69, 9.17) is 0 Å². The second kappa shape index (κ2) is 5.26. The standard InChI is InChI=1S/C13H20N2/c1-11(12-7-9-14-10-8-12)15-13-5-3-2-4-6-13/h7-11,13,15H,2-6H2,1H3. The lowest BCUT2D eigenvalue weighted by Crippen LogP contribution is -2.33. The molecule has 0 aliphatic heterocycles. The summed E-state index contributed by atoms with van der Waals surface area (Å²) in [4.78, 5) is 4.05. The van der Waals surface area contributed by atoms with Crippen molar-refractivity contribution in [2.24, 2.45) is 0 Å². The zero-order valence-electron chi connectivity index (χ0n) is 9.45. The van der Waals surface area contributed by atoms with Crippen LogP contribution in [0.15, 0.2) is 24.5 Å². The van der Waals surface area contributed by atoms with Gasteiger partial charge in [0.2, 0.25) is 0 Å². The molecule has 1 atom stereocenters. The van der Waals surface area contributed by atoms with E-state index in [1.807, 2.05) is 12.4 Å². The smallest absolute Gasteiger partial charge is 0.0295 e. The largest absolute Gasteiger partial charge is 0.307 e. The van der Waals surface area contributed by atoms with Gasteiger partial charge in [-0.2, -0.15) is 0 Å². The molecule has 0 aromatic carbocycles. The second-order valence-corrected chi connectivity index (χ2v) is 4.50. The topological polar surface area (TPSA) is 24.9 Å². The number of hydrogen-bond acceptors (Lipinski definition) is 2. The highest BCUT2D eigenvalue weighted by Crippen LogP contribution is 2.20. The van der Waals surface area contributed by atoms with Gasteiger partial charge in [0, 0.05) is 24.5 Å². The molecule has 2 nitrogen and oxygen atoms in total. The highest BCUT2D eigenvalue weighted by atomic mass is 14.9. The van der Waals surface area contributed by atoms with E-state index in [0.717, 1.165) is 6.04 Å². The van der Waals surface area contributed by atoms with E-state index < -0.39 is 0 Å². The number of nitrogens with zero attached hydrogens (tertiary/aromatic N) is 1. The second-order valence-electron chi connectivity index (χ2n) is 4.50. The van der Waals surface area contributed by atoms with Gasteiger partial charge in [0.25, 0.3) is 0 Å². The molecule has 82 valence electrons. The van der Waals surface area contributed by atoms with Crippen LogP contribution in [0.5, 0.6) is 0 Å². The van der Waals surface area contributed by atoms with E-state index >= 15 is 0 Å². The number of hydrogen-bond donors (Lipinski definition) is 1. The van der Waals surface area contributed by atoms with Gasteiger partial charge in [0.1, 0.15) is 0 Å². The molecule has 1 aromatic heterocycles. The van der Waals surface area contributed by atoms with Crippen LogP contribution in [0.3, 0.4) is 0 Å². The maximum Gasteiger partial charge on any atom is 0.0295 e. The summed E-state index contributed by atoms with van der Waals surface area (Å²) in [5.74, 6) is 0. The van der Waals surface area contributed by atoms with Crippen LogP contribution in [-0.2, 0) is 0 Å². The molecular formula is C13H20N2. The zero-order valence-corrected chi connectivity index (χ0v) is 9.45. The van der Waals surface area contributed by atoms with Crippen molar-refractivity contribution in [2.75, 3.05) is 0 Å². The molecule has 1 aliphatic carbocycles. The highest BCUT2D eigenvalue weighted by Gasteiger charge is 2.15. The first-order valence-electron chi connectivity index (χ1n) is 6.02. The van der Waals surface area contributed by atoms with Gasteiger partial charge < -0.3 is 5.32 Å². The van der Waals surface area contributed by atoms with Crippen molar-refractivity contribution in [1.29, 1.82) is 0 Å². The monoisotopic (exact) mass is 204 g/mol. The Bertz CT molecular complexity index is 278. The fraction of sp³-hybridized carbons (Fsp3) is 0.615. The summed E-state index contributed by atoms with van der Waals surface area (Å²) in [6.07, 6.45) is 10.6. The number of pyridine rings is 1. The van der Waals surface area contributed by atoms with Crippen LogP contribution in [0.2, 0.25) is 0 Å². The van der Waals surface area contributed by atoms with Crippen LogP contribution in [0.25, 0.3) is 0 Å². The minimum absolute atomic E-state index is 0.455. The van der Waals surface area contributed by atoms with Crippen molar-refractivity contribution in [1.82, 2.24) is 10.3 Å². The molecular weight excluding hydrogens is 184 g/mol. The Morgan fingerprint density at radius 3 is 2.53 bits per heavy atom. The molecule has 0 radical (unpaired) electrons. The molecule has 0 bridgehead atoms. The third-order valence-corrected chi connectivity index (χ3v) is 3.30. The van der Waals surface area contributed by atoms with Crippen molar-refractivity contribution in [3.8, 4) is 0 Å². The van der Waals surface area contributed by atoms with E-state index in [1.54, 1.807) is 0 Å². The van der Waals surface area contributed by atoms with Gasteiger partial charge in [-0.25, -0.2) is 0 Å². The SMILES string of the molecule is CC(NC1CCCCC1)c1ccncc1. The van der Waals surface area contributed by atoms with Crippen LogP contribution < -0.4 is 5.32 Å². The molecule has 1 N–H and O–H groups in total. The van der Waals surface area contributed by atoms with Crippen molar-refractivity contribution in [2.45, 2.75) is 51.1 Å². The molecule has 0 spiro atoms. The van der Waals surface area contributed by atoms with Crippen molar-refractivity contribution >= 4 is 0 Å². The third kappa shape index (κ3) is 3.03. The number of nitrogens with one attached hydrogen (secondary N) is 1. The third-order valence-electron chi connectivity index (χ3n) is 3.30. The van der Waals surface area contributed by atoms with Crippen LogP contribution in [0.4, 0.5) is 0 Å². The Balaban J connectivity index is 1.88. The van der Waals surface area contributed by atoms with E-state index in [-0.39, 0.29) is 0 Å². The Morgan fingerprint density at radius 1 is 1.20 bits per heavy atom. The fourth-order valence-corrected chi connectivity index (χ4v) is 2.37. The number of aromatic nitrogens is 1. The molecule has 2 rings (SSSR count). The maximum atomic E-state index is 4.05. The predicted octanol–water partition coefficient (Wildman–Crippen LogP) is 3.06.